The number of rotatable bonds is 16. The molecule has 0 aliphatic heterocycles. The largest absolute Gasteiger partial charge is 0.493 e. The Morgan fingerprint density at radius 3 is 1.78 bits per heavy atom. The number of hydrogen-bond donors (Lipinski definition) is 0. The van der Waals surface area contributed by atoms with Gasteiger partial charge in [-0.15, -0.1) is 0 Å². The smallest absolute Gasteiger partial charge is 0.190 e. The highest BCUT2D eigenvalue weighted by Crippen LogP contribution is 2.36. The summed E-state index contributed by atoms with van der Waals surface area (Å²) >= 11 is 0. The van der Waals surface area contributed by atoms with Crippen molar-refractivity contribution in [2.45, 2.75) is 106 Å². The third-order valence-electron chi connectivity index (χ3n) is 7.88. The molecule has 0 aromatic heterocycles. The van der Waals surface area contributed by atoms with E-state index in [1.54, 1.807) is 19.1 Å². The number of carbonyl (C=O) groups excluding carboxylic acids is 2. The van der Waals surface area contributed by atoms with Gasteiger partial charge in [0.1, 0.15) is 0 Å². The zero-order valence-electron chi connectivity index (χ0n) is 24.7. The number of benzene rings is 1. The molecule has 1 aromatic rings. The minimum Gasteiger partial charge on any atom is -0.493 e. The number of methoxy groups -OCH3 is 2. The molecular weight excluding hydrogens is 460 g/mol. The molecule has 2 atom stereocenters. The van der Waals surface area contributed by atoms with Crippen molar-refractivity contribution in [2.24, 2.45) is 17.8 Å². The van der Waals surface area contributed by atoms with E-state index in [0.29, 0.717) is 40.2 Å². The fourth-order valence-electron chi connectivity index (χ4n) is 5.26. The Labute approximate surface area is 225 Å². The van der Waals surface area contributed by atoms with E-state index in [0.717, 1.165) is 30.6 Å². The highest BCUT2D eigenvalue weighted by Gasteiger charge is 2.31. The quantitative estimate of drug-likeness (QED) is 0.208. The minimum atomic E-state index is -0.111. The Morgan fingerprint density at radius 2 is 1.27 bits per heavy atom. The number of allylic oxidation sites excluding steroid dienone is 4. The van der Waals surface area contributed by atoms with Crippen LogP contribution in [0.1, 0.15) is 126 Å². The van der Waals surface area contributed by atoms with Crippen molar-refractivity contribution in [1.29, 1.82) is 0 Å². The van der Waals surface area contributed by atoms with Crippen LogP contribution in [0, 0.1) is 17.8 Å². The third-order valence-corrected chi connectivity index (χ3v) is 7.88. The molecule has 37 heavy (non-hydrogen) atoms. The topological polar surface area (TPSA) is 52.6 Å². The SMILES string of the molecule is COc1cc2c(cc1OC)C(=O)C(CC=C(C)CCCC(C)CCCC(C)CCCC(C)C)=C(C)C2=O. The molecule has 0 amide bonds. The van der Waals surface area contributed by atoms with Gasteiger partial charge in [-0.3, -0.25) is 9.59 Å². The molecule has 206 valence electrons. The van der Waals surface area contributed by atoms with Crippen LogP contribution >= 0.6 is 0 Å². The first kappa shape index (κ1) is 30.9. The van der Waals surface area contributed by atoms with Gasteiger partial charge in [-0.25, -0.2) is 0 Å². The van der Waals surface area contributed by atoms with Gasteiger partial charge in [0.2, 0.25) is 0 Å². The van der Waals surface area contributed by atoms with Crippen molar-refractivity contribution in [2.75, 3.05) is 14.2 Å². The van der Waals surface area contributed by atoms with Crippen LogP contribution in [-0.4, -0.2) is 25.8 Å². The molecule has 0 spiro atoms. The third kappa shape index (κ3) is 9.16. The number of carbonyl (C=O) groups is 2. The molecule has 1 aliphatic rings. The maximum Gasteiger partial charge on any atom is 0.190 e. The van der Waals surface area contributed by atoms with Crippen LogP contribution in [0.2, 0.25) is 0 Å². The zero-order valence-corrected chi connectivity index (χ0v) is 24.7. The van der Waals surface area contributed by atoms with Crippen molar-refractivity contribution in [3.05, 3.63) is 46.1 Å². The minimum absolute atomic E-state index is 0.0934. The normalized spacial score (nSPS) is 15.8. The van der Waals surface area contributed by atoms with E-state index in [1.165, 1.54) is 64.7 Å². The van der Waals surface area contributed by atoms with E-state index < -0.39 is 0 Å². The van der Waals surface area contributed by atoms with Gasteiger partial charge in [0.15, 0.2) is 23.1 Å². The second-order valence-corrected chi connectivity index (χ2v) is 11.6. The van der Waals surface area contributed by atoms with Crippen LogP contribution < -0.4 is 9.47 Å². The van der Waals surface area contributed by atoms with Gasteiger partial charge < -0.3 is 9.47 Å². The summed E-state index contributed by atoms with van der Waals surface area (Å²) in [6.07, 6.45) is 14.1. The first-order valence-corrected chi connectivity index (χ1v) is 14.3. The van der Waals surface area contributed by atoms with Gasteiger partial charge >= 0.3 is 0 Å². The fourth-order valence-corrected chi connectivity index (χ4v) is 5.26. The van der Waals surface area contributed by atoms with Gasteiger partial charge in [-0.05, 0) is 63.0 Å². The summed E-state index contributed by atoms with van der Waals surface area (Å²) in [5.41, 5.74) is 3.19. The fraction of sp³-hybridized carbons (Fsp3) is 0.636. The van der Waals surface area contributed by atoms with E-state index >= 15 is 0 Å². The van der Waals surface area contributed by atoms with Crippen LogP contribution in [0.3, 0.4) is 0 Å². The first-order chi connectivity index (χ1) is 17.6. The maximum atomic E-state index is 13.3. The van der Waals surface area contributed by atoms with Crippen LogP contribution in [0.4, 0.5) is 0 Å². The van der Waals surface area contributed by atoms with Gasteiger partial charge in [-0.1, -0.05) is 84.3 Å². The van der Waals surface area contributed by atoms with Crippen molar-refractivity contribution >= 4 is 11.6 Å². The van der Waals surface area contributed by atoms with Crippen molar-refractivity contribution < 1.29 is 19.1 Å². The predicted molar refractivity (Wildman–Crippen MR) is 154 cm³/mol. The van der Waals surface area contributed by atoms with Gasteiger partial charge in [0.25, 0.3) is 0 Å². The van der Waals surface area contributed by atoms with Crippen LogP contribution in [-0.2, 0) is 0 Å². The van der Waals surface area contributed by atoms with Gasteiger partial charge in [0, 0.05) is 22.3 Å². The highest BCUT2D eigenvalue weighted by atomic mass is 16.5. The number of fused-ring (bicyclic) bond motifs is 1. The molecule has 0 saturated carbocycles. The second-order valence-electron chi connectivity index (χ2n) is 11.6. The molecule has 0 heterocycles. The molecule has 1 aromatic carbocycles. The van der Waals surface area contributed by atoms with Crippen LogP contribution in [0.5, 0.6) is 11.5 Å². The van der Waals surface area contributed by atoms with Crippen molar-refractivity contribution in [3.63, 3.8) is 0 Å². The Kier molecular flexibility index (Phi) is 12.6. The highest BCUT2D eigenvalue weighted by molar-refractivity contribution is 6.27. The van der Waals surface area contributed by atoms with E-state index in [2.05, 4.69) is 40.7 Å². The summed E-state index contributed by atoms with van der Waals surface area (Å²) in [4.78, 5) is 26.3. The average molecular weight is 511 g/mol. The molecule has 0 radical (unpaired) electrons. The summed E-state index contributed by atoms with van der Waals surface area (Å²) in [6.45, 7) is 13.3. The van der Waals surface area contributed by atoms with Gasteiger partial charge in [0.05, 0.1) is 14.2 Å². The van der Waals surface area contributed by atoms with E-state index in [9.17, 15) is 9.59 Å². The maximum absolute atomic E-state index is 13.3. The zero-order chi connectivity index (χ0) is 27.5. The molecule has 4 heteroatoms. The van der Waals surface area contributed by atoms with Crippen molar-refractivity contribution in [3.8, 4) is 11.5 Å². The van der Waals surface area contributed by atoms with E-state index in [-0.39, 0.29) is 11.6 Å². The molecule has 0 saturated heterocycles. The molecule has 4 nitrogen and oxygen atoms in total. The van der Waals surface area contributed by atoms with E-state index in [4.69, 9.17) is 9.47 Å². The molecule has 0 N–H and O–H groups in total. The molecular formula is C33H50O4. The Morgan fingerprint density at radius 1 is 0.784 bits per heavy atom. The lowest BCUT2D eigenvalue weighted by Gasteiger charge is -2.20. The Hall–Kier alpha value is -2.36. The first-order valence-electron chi connectivity index (χ1n) is 14.3. The summed E-state index contributed by atoms with van der Waals surface area (Å²) in [5.74, 6) is 3.13. The summed E-state index contributed by atoms with van der Waals surface area (Å²) in [6, 6.07) is 3.25. The van der Waals surface area contributed by atoms with E-state index in [1.807, 2.05) is 0 Å². The summed E-state index contributed by atoms with van der Waals surface area (Å²) in [7, 11) is 3.06. The standard InChI is InChI=1S/C33H50O4/c1-22(2)12-9-13-23(3)14-10-15-24(4)16-11-17-25(5)18-19-27-26(6)32(34)28-20-30(36-7)31(37-8)21-29(28)33(27)35/h18,20-24H,9-17,19H2,1-8H3. The number of ether oxygens (including phenoxy) is 2. The lowest BCUT2D eigenvalue weighted by atomic mass is 9.82. The molecule has 0 fully saturated rings. The van der Waals surface area contributed by atoms with Crippen LogP contribution in [0.25, 0.3) is 0 Å². The summed E-state index contributed by atoms with van der Waals surface area (Å²) in [5, 5.41) is 0. The summed E-state index contributed by atoms with van der Waals surface area (Å²) < 4.78 is 10.7. The van der Waals surface area contributed by atoms with Crippen molar-refractivity contribution in [1.82, 2.24) is 0 Å². The number of hydrogen-bond acceptors (Lipinski definition) is 4. The molecule has 2 unspecified atom stereocenters. The molecule has 1 aliphatic carbocycles. The molecule has 2 rings (SSSR count). The number of Topliss-reactive ketones (excluding diaryl/α,β-unsaturated/α-hetero) is 2. The second kappa shape index (κ2) is 15.1. The number of ketones is 2. The monoisotopic (exact) mass is 510 g/mol. The van der Waals surface area contributed by atoms with Crippen LogP contribution in [0.15, 0.2) is 34.9 Å². The lowest BCUT2D eigenvalue weighted by Crippen LogP contribution is -2.21. The predicted octanol–water partition coefficient (Wildman–Crippen LogP) is 9.17. The van der Waals surface area contributed by atoms with Gasteiger partial charge in [-0.2, -0.15) is 0 Å². The molecule has 0 bridgehead atoms. The average Bonchev–Trinajstić information content (AvgIpc) is 2.86. The lowest BCUT2D eigenvalue weighted by molar-refractivity contribution is 0.0972. The Balaban J connectivity index is 1.83. The Bertz CT molecular complexity index is 982.